The maximum Gasteiger partial charge on any atom is 0.295 e. The predicted molar refractivity (Wildman–Crippen MR) is 138 cm³/mol. The van der Waals surface area contributed by atoms with Crippen molar-refractivity contribution >= 4 is 53.9 Å². The van der Waals surface area contributed by atoms with Crippen LogP contribution in [0.1, 0.15) is 10.4 Å². The van der Waals surface area contributed by atoms with Crippen LogP contribution in [-0.2, 0) is 20.1 Å². The molecule has 0 spiro atoms. The molecule has 0 aliphatic carbocycles. The summed E-state index contributed by atoms with van der Waals surface area (Å²) >= 11 is 0. The van der Waals surface area contributed by atoms with Gasteiger partial charge in [-0.1, -0.05) is 18.2 Å². The first-order valence-electron chi connectivity index (χ1n) is 10.7. The van der Waals surface area contributed by atoms with Gasteiger partial charge >= 0.3 is 0 Å². The van der Waals surface area contributed by atoms with Crippen LogP contribution in [0.4, 0.5) is 17.1 Å². The number of amides is 1. The summed E-state index contributed by atoms with van der Waals surface area (Å²) in [5.74, 6) is -0.820. The minimum absolute atomic E-state index is 0.0320. The summed E-state index contributed by atoms with van der Waals surface area (Å²) in [5.41, 5.74) is 0.146. The van der Waals surface area contributed by atoms with Gasteiger partial charge in [0.1, 0.15) is 22.1 Å². The average molecular weight is 557 g/mol. The predicted octanol–water partition coefficient (Wildman–Crippen LogP) is 4.12. The number of fused-ring (bicyclic) bond motifs is 1. The summed E-state index contributed by atoms with van der Waals surface area (Å²) in [6.07, 6.45) is 0. The molecule has 14 heteroatoms. The van der Waals surface area contributed by atoms with Crippen LogP contribution < -0.4 is 15.2 Å². The fraction of sp³-hybridized carbons (Fsp3) is 0.0417. The van der Waals surface area contributed by atoms with Gasteiger partial charge in [-0.3, -0.25) is 9.35 Å². The molecule has 4 aromatic rings. The summed E-state index contributed by atoms with van der Waals surface area (Å²) in [5, 5.41) is 26.1. The number of hydrogen-bond acceptors (Lipinski definition) is 9. The molecule has 5 N–H and O–H groups in total. The van der Waals surface area contributed by atoms with Crippen molar-refractivity contribution in [1.82, 2.24) is 0 Å². The van der Waals surface area contributed by atoms with Crippen LogP contribution in [-0.4, -0.2) is 39.5 Å². The highest BCUT2D eigenvalue weighted by atomic mass is 32.2. The third kappa shape index (κ3) is 5.47. The molecule has 0 aliphatic heterocycles. The SMILES string of the molecule is COc1ccc(S(N)(=O)=O)cc1N=Nc1ccc(O)c2c(NC(=O)c3ccccc3)ccc(S(=O)(=O)O)c12. The minimum atomic E-state index is -4.83. The molecule has 4 aromatic carbocycles. The fourth-order valence-corrected chi connectivity index (χ4v) is 4.89. The number of rotatable bonds is 7. The van der Waals surface area contributed by atoms with Crippen molar-refractivity contribution < 1.29 is 36.0 Å². The van der Waals surface area contributed by atoms with Crippen LogP contribution in [0.25, 0.3) is 10.8 Å². The lowest BCUT2D eigenvalue weighted by molar-refractivity contribution is 0.102. The van der Waals surface area contributed by atoms with E-state index in [0.29, 0.717) is 5.56 Å². The molecule has 38 heavy (non-hydrogen) atoms. The van der Waals surface area contributed by atoms with Crippen LogP contribution in [0, 0.1) is 0 Å². The normalized spacial score (nSPS) is 12.1. The second-order valence-corrected chi connectivity index (χ2v) is 10.8. The van der Waals surface area contributed by atoms with Gasteiger partial charge in [-0.2, -0.15) is 8.42 Å². The molecule has 196 valence electrons. The summed E-state index contributed by atoms with van der Waals surface area (Å²) in [6.45, 7) is 0. The van der Waals surface area contributed by atoms with E-state index < -0.39 is 36.7 Å². The Morgan fingerprint density at radius 2 is 1.58 bits per heavy atom. The topological polar surface area (TPSA) is 198 Å². The number of hydrogen-bond donors (Lipinski definition) is 4. The zero-order chi connectivity index (χ0) is 27.7. The molecule has 0 aromatic heterocycles. The number of aromatic hydroxyl groups is 1. The maximum atomic E-state index is 12.8. The Labute approximate surface area is 217 Å². The quantitative estimate of drug-likeness (QED) is 0.192. The van der Waals surface area contributed by atoms with Gasteiger partial charge in [-0.05, 0) is 54.6 Å². The first kappa shape index (κ1) is 26.7. The Morgan fingerprint density at radius 1 is 0.895 bits per heavy atom. The Kier molecular flexibility index (Phi) is 7.15. The van der Waals surface area contributed by atoms with Crippen molar-refractivity contribution in [3.8, 4) is 11.5 Å². The average Bonchev–Trinajstić information content (AvgIpc) is 2.87. The molecule has 0 atom stereocenters. The third-order valence-corrected chi connectivity index (χ3v) is 7.19. The zero-order valence-electron chi connectivity index (χ0n) is 19.6. The number of azo groups is 1. The number of nitrogens with two attached hydrogens (primary N) is 1. The Balaban J connectivity index is 1.92. The van der Waals surface area contributed by atoms with Crippen molar-refractivity contribution in [1.29, 1.82) is 0 Å². The molecular formula is C24H20N4O8S2. The lowest BCUT2D eigenvalue weighted by atomic mass is 10.1. The summed E-state index contributed by atoms with van der Waals surface area (Å²) in [7, 11) is -7.60. The number of phenolic OH excluding ortho intramolecular Hbond substituents is 1. The van der Waals surface area contributed by atoms with E-state index in [9.17, 15) is 31.3 Å². The third-order valence-electron chi connectivity index (χ3n) is 5.38. The number of anilines is 1. The number of phenols is 1. The van der Waals surface area contributed by atoms with E-state index in [-0.39, 0.29) is 38.5 Å². The number of benzene rings is 4. The number of nitrogens with zero attached hydrogens (tertiary/aromatic N) is 2. The van der Waals surface area contributed by atoms with E-state index in [1.54, 1.807) is 30.3 Å². The van der Waals surface area contributed by atoms with E-state index in [1.807, 2.05) is 0 Å². The van der Waals surface area contributed by atoms with Gasteiger partial charge in [0.05, 0.1) is 28.8 Å². The summed E-state index contributed by atoms with van der Waals surface area (Å²) < 4.78 is 63.0. The largest absolute Gasteiger partial charge is 0.507 e. The summed E-state index contributed by atoms with van der Waals surface area (Å²) in [4.78, 5) is 11.9. The van der Waals surface area contributed by atoms with E-state index in [0.717, 1.165) is 12.1 Å². The Hall–Kier alpha value is -4.37. The van der Waals surface area contributed by atoms with Crippen LogP contribution in [0.2, 0.25) is 0 Å². The fourth-order valence-electron chi connectivity index (χ4n) is 3.65. The van der Waals surface area contributed by atoms with E-state index in [4.69, 9.17) is 9.88 Å². The second kappa shape index (κ2) is 10.2. The van der Waals surface area contributed by atoms with E-state index >= 15 is 0 Å². The van der Waals surface area contributed by atoms with Gasteiger partial charge in [-0.25, -0.2) is 13.6 Å². The first-order valence-corrected chi connectivity index (χ1v) is 13.6. The van der Waals surface area contributed by atoms with Gasteiger partial charge in [-0.15, -0.1) is 10.2 Å². The van der Waals surface area contributed by atoms with Gasteiger partial charge in [0.2, 0.25) is 10.0 Å². The van der Waals surface area contributed by atoms with Crippen molar-refractivity contribution in [2.75, 3.05) is 12.4 Å². The highest BCUT2D eigenvalue weighted by molar-refractivity contribution is 7.89. The Morgan fingerprint density at radius 3 is 2.21 bits per heavy atom. The molecule has 4 rings (SSSR count). The van der Waals surface area contributed by atoms with Crippen LogP contribution in [0.5, 0.6) is 11.5 Å². The van der Waals surface area contributed by atoms with Crippen molar-refractivity contribution in [2.45, 2.75) is 9.79 Å². The number of methoxy groups -OCH3 is 1. The molecule has 0 fully saturated rings. The standard InChI is InChI=1S/C24H20N4O8S2/c1-36-20-11-7-15(37(25,31)32)13-18(20)28-27-17-8-10-19(29)22-16(9-12-21(23(17)22)38(33,34)35)26-24(30)14-5-3-2-4-6-14/h2-13,29H,1H3,(H,26,30)(H2,25,31,32)(H,33,34,35). The molecular weight excluding hydrogens is 536 g/mol. The smallest absolute Gasteiger partial charge is 0.295 e. The lowest BCUT2D eigenvalue weighted by Gasteiger charge is -2.14. The highest BCUT2D eigenvalue weighted by Gasteiger charge is 2.22. The van der Waals surface area contributed by atoms with Gasteiger partial charge in [0.15, 0.2) is 0 Å². The first-order chi connectivity index (χ1) is 17.9. The zero-order valence-corrected chi connectivity index (χ0v) is 21.2. The van der Waals surface area contributed by atoms with Crippen molar-refractivity contribution in [3.05, 3.63) is 78.4 Å². The monoisotopic (exact) mass is 556 g/mol. The van der Waals surface area contributed by atoms with E-state index in [2.05, 4.69) is 15.5 Å². The molecule has 0 aliphatic rings. The molecule has 0 bridgehead atoms. The van der Waals surface area contributed by atoms with Crippen LogP contribution in [0.3, 0.4) is 0 Å². The molecule has 0 saturated heterocycles. The lowest BCUT2D eigenvalue weighted by Crippen LogP contribution is -2.12. The number of carbonyl (C=O) groups excluding carboxylic acids is 1. The van der Waals surface area contributed by atoms with Crippen molar-refractivity contribution in [3.63, 3.8) is 0 Å². The van der Waals surface area contributed by atoms with Gasteiger partial charge in [0.25, 0.3) is 16.0 Å². The van der Waals surface area contributed by atoms with Crippen molar-refractivity contribution in [2.24, 2.45) is 15.4 Å². The Bertz CT molecular complexity index is 1810. The molecule has 12 nitrogen and oxygen atoms in total. The van der Waals surface area contributed by atoms with Crippen LogP contribution in [0.15, 0.2) is 92.8 Å². The summed E-state index contributed by atoms with van der Waals surface area (Å²) in [6, 6.07) is 16.5. The number of primary sulfonamides is 1. The van der Waals surface area contributed by atoms with Gasteiger partial charge in [0, 0.05) is 10.9 Å². The molecule has 0 heterocycles. The maximum absolute atomic E-state index is 12.8. The molecule has 0 saturated carbocycles. The number of ether oxygens (including phenoxy) is 1. The van der Waals surface area contributed by atoms with Gasteiger partial charge < -0.3 is 15.2 Å². The molecule has 0 unspecified atom stereocenters. The number of sulfonamides is 1. The number of nitrogens with one attached hydrogen (secondary N) is 1. The van der Waals surface area contributed by atoms with Crippen LogP contribution >= 0.6 is 0 Å². The molecule has 1 amide bonds. The number of carbonyl (C=O) groups is 1. The van der Waals surface area contributed by atoms with E-state index in [1.165, 1.54) is 37.4 Å². The second-order valence-electron chi connectivity index (χ2n) is 7.84. The molecule has 0 radical (unpaired) electrons. The highest BCUT2D eigenvalue weighted by Crippen LogP contribution is 2.42. The minimum Gasteiger partial charge on any atom is -0.507 e.